The van der Waals surface area contributed by atoms with Gasteiger partial charge in [0, 0.05) is 40.7 Å². The molecule has 0 radical (unpaired) electrons. The van der Waals surface area contributed by atoms with Crippen molar-refractivity contribution >= 4 is 32.6 Å². The van der Waals surface area contributed by atoms with Crippen LogP contribution >= 0.6 is 11.3 Å². The minimum atomic E-state index is -0.398. The molecule has 144 valence electrons. The van der Waals surface area contributed by atoms with Gasteiger partial charge >= 0.3 is 0 Å². The summed E-state index contributed by atoms with van der Waals surface area (Å²) in [5.41, 5.74) is 2.62. The van der Waals surface area contributed by atoms with Gasteiger partial charge in [-0.15, -0.1) is 11.3 Å². The van der Waals surface area contributed by atoms with Gasteiger partial charge in [0.25, 0.3) is 0 Å². The van der Waals surface area contributed by atoms with E-state index in [0.29, 0.717) is 5.92 Å². The second-order valence-electron chi connectivity index (χ2n) is 7.76. The quantitative estimate of drug-likeness (QED) is 0.576. The standard InChI is InChI=1S/C21H23N5OS/c1-25-7-5-13(6-8-25)19(27)18-10-14-3-4-17(23-21(14)28-18)15-9-16-12-26(2)24-20(16)22-11-15/h3-4,9-13,19,27H,5-8H2,1-2H3/t19-/m1/s1. The van der Waals surface area contributed by atoms with Gasteiger partial charge in [-0.2, -0.15) is 5.10 Å². The molecule has 0 unspecified atom stereocenters. The minimum absolute atomic E-state index is 0.334. The van der Waals surface area contributed by atoms with E-state index in [1.165, 1.54) is 0 Å². The number of fused-ring (bicyclic) bond motifs is 2. The topological polar surface area (TPSA) is 67.1 Å². The Bertz CT molecular complexity index is 1140. The molecule has 1 saturated heterocycles. The second kappa shape index (κ2) is 6.92. The molecule has 0 aromatic carbocycles. The van der Waals surface area contributed by atoms with Crippen molar-refractivity contribution in [2.24, 2.45) is 13.0 Å². The summed E-state index contributed by atoms with van der Waals surface area (Å²) in [5, 5.41) is 17.3. The third-order valence-electron chi connectivity index (χ3n) is 5.67. The number of hydrogen-bond acceptors (Lipinski definition) is 6. The summed E-state index contributed by atoms with van der Waals surface area (Å²) in [6.07, 6.45) is 5.48. The number of likely N-dealkylation sites (tertiary alicyclic amines) is 1. The van der Waals surface area contributed by atoms with E-state index in [2.05, 4.69) is 40.2 Å². The first-order valence-electron chi connectivity index (χ1n) is 9.64. The van der Waals surface area contributed by atoms with Gasteiger partial charge in [-0.05, 0) is 63.2 Å². The molecule has 0 saturated carbocycles. The summed E-state index contributed by atoms with van der Waals surface area (Å²) in [6, 6.07) is 8.29. The Morgan fingerprint density at radius 2 is 1.96 bits per heavy atom. The molecular formula is C21H23N5OS. The van der Waals surface area contributed by atoms with Crippen LogP contribution in [0, 0.1) is 5.92 Å². The van der Waals surface area contributed by atoms with Crippen LogP contribution in [0.5, 0.6) is 0 Å². The molecule has 5 heterocycles. The molecule has 1 aliphatic rings. The van der Waals surface area contributed by atoms with E-state index < -0.39 is 6.10 Å². The van der Waals surface area contributed by atoms with E-state index >= 15 is 0 Å². The van der Waals surface area contributed by atoms with E-state index in [1.807, 2.05) is 25.5 Å². The van der Waals surface area contributed by atoms with Crippen LogP contribution in [0.3, 0.4) is 0 Å². The number of nitrogens with zero attached hydrogens (tertiary/aromatic N) is 5. The number of aromatic nitrogens is 4. The van der Waals surface area contributed by atoms with Gasteiger partial charge in [0.2, 0.25) is 0 Å². The second-order valence-corrected chi connectivity index (χ2v) is 8.83. The lowest BCUT2D eigenvalue weighted by molar-refractivity contribution is 0.0684. The molecule has 0 amide bonds. The van der Waals surface area contributed by atoms with Gasteiger partial charge in [0.15, 0.2) is 5.65 Å². The summed E-state index contributed by atoms with van der Waals surface area (Å²) < 4.78 is 1.77. The average Bonchev–Trinajstić information content (AvgIpc) is 3.29. The van der Waals surface area contributed by atoms with Crippen LogP contribution in [0.25, 0.3) is 32.5 Å². The zero-order valence-electron chi connectivity index (χ0n) is 16.0. The van der Waals surface area contributed by atoms with E-state index in [4.69, 9.17) is 4.98 Å². The van der Waals surface area contributed by atoms with Gasteiger partial charge in [-0.25, -0.2) is 9.97 Å². The third kappa shape index (κ3) is 3.19. The smallest absolute Gasteiger partial charge is 0.181 e. The van der Waals surface area contributed by atoms with Gasteiger partial charge < -0.3 is 10.0 Å². The van der Waals surface area contributed by atoms with E-state index in [1.54, 1.807) is 16.0 Å². The van der Waals surface area contributed by atoms with Crippen LogP contribution in [0.15, 0.2) is 36.7 Å². The Balaban J connectivity index is 1.45. The minimum Gasteiger partial charge on any atom is -0.387 e. The monoisotopic (exact) mass is 393 g/mol. The number of aryl methyl sites for hydroxylation is 1. The van der Waals surface area contributed by atoms with E-state index in [0.717, 1.165) is 63.3 Å². The number of aliphatic hydroxyl groups excluding tert-OH is 1. The zero-order chi connectivity index (χ0) is 19.3. The lowest BCUT2D eigenvalue weighted by atomic mass is 9.90. The average molecular weight is 394 g/mol. The fourth-order valence-electron chi connectivity index (χ4n) is 3.99. The molecule has 0 aliphatic carbocycles. The SMILES string of the molecule is CN1CCC([C@@H](O)c2cc3ccc(-c4cnc5nn(C)cc5c4)nc3s2)CC1. The third-order valence-corrected chi connectivity index (χ3v) is 6.79. The highest BCUT2D eigenvalue weighted by molar-refractivity contribution is 7.18. The first kappa shape index (κ1) is 17.7. The molecule has 1 aliphatic heterocycles. The van der Waals surface area contributed by atoms with Crippen molar-refractivity contribution in [3.63, 3.8) is 0 Å². The molecule has 0 spiro atoms. The molecule has 1 atom stereocenters. The Morgan fingerprint density at radius 1 is 1.14 bits per heavy atom. The van der Waals surface area contributed by atoms with Crippen molar-refractivity contribution in [3.8, 4) is 11.3 Å². The fraction of sp³-hybridized carbons (Fsp3) is 0.381. The maximum atomic E-state index is 10.9. The van der Waals surface area contributed by atoms with Gasteiger partial charge in [0.1, 0.15) is 4.83 Å². The van der Waals surface area contributed by atoms with Crippen LogP contribution in [-0.4, -0.2) is 49.9 Å². The highest BCUT2D eigenvalue weighted by Crippen LogP contribution is 2.37. The largest absolute Gasteiger partial charge is 0.387 e. The first-order valence-corrected chi connectivity index (χ1v) is 10.5. The predicted octanol–water partition coefficient (Wildman–Crippen LogP) is 3.62. The van der Waals surface area contributed by atoms with Crippen LogP contribution in [-0.2, 0) is 7.05 Å². The molecule has 28 heavy (non-hydrogen) atoms. The highest BCUT2D eigenvalue weighted by atomic mass is 32.1. The van der Waals surface area contributed by atoms with E-state index in [-0.39, 0.29) is 0 Å². The molecule has 6 nitrogen and oxygen atoms in total. The Labute approximate surface area is 167 Å². The Kier molecular flexibility index (Phi) is 4.38. The predicted molar refractivity (Wildman–Crippen MR) is 112 cm³/mol. The number of hydrogen-bond donors (Lipinski definition) is 1. The van der Waals surface area contributed by atoms with Crippen LogP contribution in [0.2, 0.25) is 0 Å². The lowest BCUT2D eigenvalue weighted by Gasteiger charge is -2.31. The molecule has 7 heteroatoms. The maximum Gasteiger partial charge on any atom is 0.181 e. The zero-order valence-corrected chi connectivity index (χ0v) is 16.9. The number of thiophene rings is 1. The van der Waals surface area contributed by atoms with Crippen molar-refractivity contribution in [1.82, 2.24) is 24.6 Å². The molecule has 1 N–H and O–H groups in total. The van der Waals surface area contributed by atoms with Crippen LogP contribution in [0.1, 0.15) is 23.8 Å². The molecular weight excluding hydrogens is 370 g/mol. The maximum absolute atomic E-state index is 10.9. The number of pyridine rings is 2. The first-order chi connectivity index (χ1) is 13.6. The number of aliphatic hydroxyl groups is 1. The fourth-order valence-corrected chi connectivity index (χ4v) is 5.10. The molecule has 5 rings (SSSR count). The molecule has 0 bridgehead atoms. The van der Waals surface area contributed by atoms with E-state index in [9.17, 15) is 5.11 Å². The molecule has 4 aromatic rings. The van der Waals surface area contributed by atoms with Crippen molar-refractivity contribution < 1.29 is 5.11 Å². The number of piperidine rings is 1. The van der Waals surface area contributed by atoms with Crippen LogP contribution < -0.4 is 0 Å². The summed E-state index contributed by atoms with van der Waals surface area (Å²) in [4.78, 5) is 13.6. The summed E-state index contributed by atoms with van der Waals surface area (Å²) in [5.74, 6) is 0.334. The number of rotatable bonds is 3. The summed E-state index contributed by atoms with van der Waals surface area (Å²) in [7, 11) is 4.04. The molecule has 4 aromatic heterocycles. The normalized spacial score (nSPS) is 17.5. The van der Waals surface area contributed by atoms with Crippen molar-refractivity contribution in [2.75, 3.05) is 20.1 Å². The van der Waals surface area contributed by atoms with Gasteiger partial charge in [-0.3, -0.25) is 4.68 Å². The van der Waals surface area contributed by atoms with Crippen molar-refractivity contribution in [3.05, 3.63) is 41.5 Å². The van der Waals surface area contributed by atoms with Crippen LogP contribution in [0.4, 0.5) is 0 Å². The lowest BCUT2D eigenvalue weighted by Crippen LogP contribution is -2.32. The molecule has 1 fully saturated rings. The van der Waals surface area contributed by atoms with Gasteiger partial charge in [-0.1, -0.05) is 0 Å². The van der Waals surface area contributed by atoms with Crippen molar-refractivity contribution in [1.29, 1.82) is 0 Å². The highest BCUT2D eigenvalue weighted by Gasteiger charge is 2.26. The Hall–Kier alpha value is -2.35. The van der Waals surface area contributed by atoms with Gasteiger partial charge in [0.05, 0.1) is 11.8 Å². The summed E-state index contributed by atoms with van der Waals surface area (Å²) in [6.45, 7) is 2.11. The Morgan fingerprint density at radius 3 is 2.79 bits per heavy atom. The van der Waals surface area contributed by atoms with Crippen molar-refractivity contribution in [2.45, 2.75) is 18.9 Å². The summed E-state index contributed by atoms with van der Waals surface area (Å²) >= 11 is 1.60.